The zero-order chi connectivity index (χ0) is 21.3. The number of aryl methyl sites for hydroxylation is 1. The molecule has 2 heterocycles. The lowest BCUT2D eigenvalue weighted by Gasteiger charge is -2.31. The van der Waals surface area contributed by atoms with Crippen LogP contribution in [-0.4, -0.2) is 34.0 Å². The molecule has 156 valence electrons. The number of hydrogen-bond acceptors (Lipinski definition) is 4. The van der Waals surface area contributed by atoms with Gasteiger partial charge in [-0.3, -0.25) is 4.79 Å². The van der Waals surface area contributed by atoms with Crippen molar-refractivity contribution in [3.63, 3.8) is 0 Å². The Morgan fingerprint density at radius 3 is 2.47 bits per heavy atom. The first-order chi connectivity index (χ1) is 14.3. The summed E-state index contributed by atoms with van der Waals surface area (Å²) in [4.78, 5) is 18.9. The minimum Gasteiger partial charge on any atom is -0.339 e. The smallest absolute Gasteiger partial charge is 0.339 e. The van der Waals surface area contributed by atoms with Crippen molar-refractivity contribution >= 4 is 5.91 Å². The molecule has 0 radical (unpaired) electrons. The van der Waals surface area contributed by atoms with E-state index in [9.17, 15) is 18.0 Å². The van der Waals surface area contributed by atoms with Gasteiger partial charge < -0.3 is 9.42 Å². The summed E-state index contributed by atoms with van der Waals surface area (Å²) in [7, 11) is 0. The number of halogens is 3. The zero-order valence-corrected chi connectivity index (χ0v) is 16.3. The second-order valence-corrected chi connectivity index (χ2v) is 7.49. The quantitative estimate of drug-likeness (QED) is 0.598. The van der Waals surface area contributed by atoms with Gasteiger partial charge in [-0.05, 0) is 44.0 Å². The normalized spacial score (nSPS) is 17.2. The molecule has 0 aliphatic carbocycles. The van der Waals surface area contributed by atoms with E-state index in [1.54, 1.807) is 4.90 Å². The number of alkyl halides is 3. The van der Waals surface area contributed by atoms with E-state index in [2.05, 4.69) is 10.1 Å². The van der Waals surface area contributed by atoms with E-state index in [4.69, 9.17) is 4.52 Å². The van der Waals surface area contributed by atoms with Gasteiger partial charge in [-0.25, -0.2) is 0 Å². The van der Waals surface area contributed by atoms with Crippen molar-refractivity contribution < 1.29 is 22.5 Å². The molecule has 0 saturated carbocycles. The van der Waals surface area contributed by atoms with Crippen LogP contribution in [0, 0.1) is 6.92 Å². The highest BCUT2D eigenvalue weighted by Crippen LogP contribution is 2.31. The maximum atomic E-state index is 12.8. The number of carbonyl (C=O) groups excluding carboxylic acids is 1. The summed E-state index contributed by atoms with van der Waals surface area (Å²) >= 11 is 0. The SMILES string of the molecule is Cc1ccc(-c2noc(C3CCCN(C(=O)c4ccc(C(F)(F)F)cc4)C3)n2)cc1. The highest BCUT2D eigenvalue weighted by atomic mass is 19.4. The third-order valence-electron chi connectivity index (χ3n) is 5.27. The number of amides is 1. The van der Waals surface area contributed by atoms with Crippen LogP contribution in [-0.2, 0) is 6.18 Å². The topological polar surface area (TPSA) is 59.2 Å². The molecule has 4 rings (SSSR count). The molecule has 5 nitrogen and oxygen atoms in total. The first kappa shape index (κ1) is 20.1. The minimum absolute atomic E-state index is 0.108. The number of hydrogen-bond donors (Lipinski definition) is 0. The highest BCUT2D eigenvalue weighted by molar-refractivity contribution is 5.94. The van der Waals surface area contributed by atoms with E-state index in [1.165, 1.54) is 12.1 Å². The molecule has 0 bridgehead atoms. The van der Waals surface area contributed by atoms with E-state index in [-0.39, 0.29) is 17.4 Å². The fraction of sp³-hybridized carbons (Fsp3) is 0.318. The summed E-state index contributed by atoms with van der Waals surface area (Å²) < 4.78 is 43.7. The lowest BCUT2D eigenvalue weighted by molar-refractivity contribution is -0.137. The van der Waals surface area contributed by atoms with Crippen LogP contribution >= 0.6 is 0 Å². The van der Waals surface area contributed by atoms with Gasteiger partial charge >= 0.3 is 6.18 Å². The van der Waals surface area contributed by atoms with Gasteiger partial charge in [0.1, 0.15) is 0 Å². The van der Waals surface area contributed by atoms with Crippen molar-refractivity contribution in [2.45, 2.75) is 31.9 Å². The largest absolute Gasteiger partial charge is 0.416 e. The molecule has 1 unspecified atom stereocenters. The van der Waals surface area contributed by atoms with Crippen molar-refractivity contribution in [2.75, 3.05) is 13.1 Å². The third kappa shape index (κ3) is 4.22. The first-order valence-corrected chi connectivity index (χ1v) is 9.68. The molecule has 2 aromatic carbocycles. The lowest BCUT2D eigenvalue weighted by Crippen LogP contribution is -2.39. The first-order valence-electron chi connectivity index (χ1n) is 9.68. The van der Waals surface area contributed by atoms with Crippen molar-refractivity contribution in [2.24, 2.45) is 0 Å². The number of piperidine rings is 1. The maximum Gasteiger partial charge on any atom is 0.416 e. The molecular formula is C22H20F3N3O2. The van der Waals surface area contributed by atoms with Gasteiger partial charge in [-0.1, -0.05) is 35.0 Å². The summed E-state index contributed by atoms with van der Waals surface area (Å²) in [6, 6.07) is 12.1. The monoisotopic (exact) mass is 415 g/mol. The molecule has 30 heavy (non-hydrogen) atoms. The van der Waals surface area contributed by atoms with Gasteiger partial charge in [-0.15, -0.1) is 0 Å². The number of carbonyl (C=O) groups is 1. The minimum atomic E-state index is -4.43. The molecule has 1 amide bonds. The van der Waals surface area contributed by atoms with Crippen LogP contribution in [0.3, 0.4) is 0 Å². The average Bonchev–Trinajstić information content (AvgIpc) is 3.24. The van der Waals surface area contributed by atoms with Crippen LogP contribution in [0.2, 0.25) is 0 Å². The molecule has 0 N–H and O–H groups in total. The Labute approximate surface area is 171 Å². The average molecular weight is 415 g/mol. The lowest BCUT2D eigenvalue weighted by atomic mass is 9.97. The molecule has 1 atom stereocenters. The van der Waals surface area contributed by atoms with E-state index >= 15 is 0 Å². The Bertz CT molecular complexity index is 1030. The summed E-state index contributed by atoms with van der Waals surface area (Å²) in [5.74, 6) is 0.558. The maximum absolute atomic E-state index is 12.8. The summed E-state index contributed by atoms with van der Waals surface area (Å²) in [5, 5.41) is 4.06. The highest BCUT2D eigenvalue weighted by Gasteiger charge is 2.32. The number of rotatable bonds is 3. The molecular weight excluding hydrogens is 395 g/mol. The number of nitrogens with zero attached hydrogens (tertiary/aromatic N) is 3. The third-order valence-corrected chi connectivity index (χ3v) is 5.27. The van der Waals surface area contributed by atoms with Gasteiger partial charge in [0, 0.05) is 24.2 Å². The zero-order valence-electron chi connectivity index (χ0n) is 16.3. The molecule has 0 spiro atoms. The van der Waals surface area contributed by atoms with Gasteiger partial charge in [-0.2, -0.15) is 18.2 Å². The standard InChI is InChI=1S/C22H20F3N3O2/c1-14-4-6-15(7-5-14)19-26-20(30-27-19)17-3-2-12-28(13-17)21(29)16-8-10-18(11-9-16)22(23,24)25/h4-11,17H,2-3,12-13H2,1H3. The van der Waals surface area contributed by atoms with Crippen LogP contribution < -0.4 is 0 Å². The van der Waals surface area contributed by atoms with Crippen molar-refractivity contribution in [3.05, 3.63) is 71.1 Å². The van der Waals surface area contributed by atoms with E-state index in [0.29, 0.717) is 24.8 Å². The van der Waals surface area contributed by atoms with Gasteiger partial charge in [0.15, 0.2) is 0 Å². The van der Waals surface area contributed by atoms with Gasteiger partial charge in [0.05, 0.1) is 11.5 Å². The summed E-state index contributed by atoms with van der Waals surface area (Å²) in [5.41, 5.74) is 1.44. The van der Waals surface area contributed by atoms with Gasteiger partial charge in [0.25, 0.3) is 5.91 Å². The second-order valence-electron chi connectivity index (χ2n) is 7.49. The molecule has 1 fully saturated rings. The molecule has 8 heteroatoms. The fourth-order valence-corrected chi connectivity index (χ4v) is 3.57. The van der Waals surface area contributed by atoms with Crippen LogP contribution in [0.15, 0.2) is 53.1 Å². The van der Waals surface area contributed by atoms with E-state index in [1.807, 2.05) is 31.2 Å². The summed E-state index contributed by atoms with van der Waals surface area (Å²) in [6.45, 7) is 2.92. The molecule has 1 aliphatic heterocycles. The van der Waals surface area contributed by atoms with Crippen LogP contribution in [0.4, 0.5) is 13.2 Å². The Kier molecular flexibility index (Phi) is 5.32. The number of benzene rings is 2. The Morgan fingerprint density at radius 1 is 1.10 bits per heavy atom. The van der Waals surface area contributed by atoms with Gasteiger partial charge in [0.2, 0.25) is 11.7 Å². The molecule has 3 aromatic rings. The van der Waals surface area contributed by atoms with E-state index < -0.39 is 11.7 Å². The van der Waals surface area contributed by atoms with Crippen LogP contribution in [0.5, 0.6) is 0 Å². The fourth-order valence-electron chi connectivity index (χ4n) is 3.57. The van der Waals surface area contributed by atoms with Crippen molar-refractivity contribution in [1.29, 1.82) is 0 Å². The molecule has 1 saturated heterocycles. The van der Waals surface area contributed by atoms with Crippen molar-refractivity contribution in [3.8, 4) is 11.4 Å². The van der Waals surface area contributed by atoms with Crippen LogP contribution in [0.25, 0.3) is 11.4 Å². The van der Waals surface area contributed by atoms with Crippen molar-refractivity contribution in [1.82, 2.24) is 15.0 Å². The predicted molar refractivity (Wildman–Crippen MR) is 104 cm³/mol. The molecule has 1 aromatic heterocycles. The van der Waals surface area contributed by atoms with Crippen LogP contribution in [0.1, 0.15) is 46.1 Å². The Hall–Kier alpha value is -3.16. The molecule has 1 aliphatic rings. The Balaban J connectivity index is 1.47. The number of aromatic nitrogens is 2. The summed E-state index contributed by atoms with van der Waals surface area (Å²) in [6.07, 6.45) is -2.88. The van der Waals surface area contributed by atoms with E-state index in [0.717, 1.165) is 36.1 Å². The Morgan fingerprint density at radius 2 is 1.80 bits per heavy atom. The number of likely N-dealkylation sites (tertiary alicyclic amines) is 1. The second kappa shape index (κ2) is 7.93. The predicted octanol–water partition coefficient (Wildman–Crippen LogP) is 5.08.